The van der Waals surface area contributed by atoms with Gasteiger partial charge in [0.15, 0.2) is 5.79 Å². The number of allylic oxidation sites excluding steroid dienone is 1. The molecule has 0 aromatic heterocycles. The number of hydrogen-bond acceptors (Lipinski definition) is 3. The van der Waals surface area contributed by atoms with Crippen molar-refractivity contribution in [1.29, 1.82) is 0 Å². The van der Waals surface area contributed by atoms with Gasteiger partial charge in [0.1, 0.15) is 0 Å². The van der Waals surface area contributed by atoms with Crippen LogP contribution in [0.4, 0.5) is 0 Å². The molecular weight excluding hydrogens is 228 g/mol. The second kappa shape index (κ2) is 6.18. The highest BCUT2D eigenvalue weighted by Crippen LogP contribution is 2.37. The maximum absolute atomic E-state index is 6.10. The van der Waals surface area contributed by atoms with Crippen molar-refractivity contribution in [2.24, 2.45) is 0 Å². The molecule has 0 bridgehead atoms. The minimum Gasteiger partial charge on any atom is -0.373 e. The summed E-state index contributed by atoms with van der Waals surface area (Å²) in [4.78, 5) is 0. The Morgan fingerprint density at radius 3 is 2.72 bits per heavy atom. The summed E-state index contributed by atoms with van der Waals surface area (Å²) in [6.45, 7) is 4.99. The van der Waals surface area contributed by atoms with Crippen LogP contribution in [-0.2, 0) is 14.2 Å². The highest BCUT2D eigenvalue weighted by Gasteiger charge is 2.38. The van der Waals surface area contributed by atoms with Gasteiger partial charge in [-0.25, -0.2) is 0 Å². The maximum atomic E-state index is 6.10. The van der Waals surface area contributed by atoms with Crippen molar-refractivity contribution in [3.05, 3.63) is 11.6 Å². The summed E-state index contributed by atoms with van der Waals surface area (Å²) in [5.74, 6) is -0.470. The maximum Gasteiger partial charge on any atom is 0.190 e. The van der Waals surface area contributed by atoms with E-state index in [9.17, 15) is 0 Å². The fourth-order valence-electron chi connectivity index (χ4n) is 3.05. The number of hydrogen-bond donors (Lipinski definition) is 0. The summed E-state index contributed by atoms with van der Waals surface area (Å²) >= 11 is 0. The van der Waals surface area contributed by atoms with Gasteiger partial charge in [-0.3, -0.25) is 0 Å². The van der Waals surface area contributed by atoms with E-state index in [1.54, 1.807) is 7.11 Å². The smallest absolute Gasteiger partial charge is 0.190 e. The third-order valence-electron chi connectivity index (χ3n) is 4.22. The van der Waals surface area contributed by atoms with Gasteiger partial charge in [-0.15, -0.1) is 0 Å². The van der Waals surface area contributed by atoms with Crippen molar-refractivity contribution in [2.45, 2.75) is 70.4 Å². The molecule has 0 spiro atoms. The lowest BCUT2D eigenvalue weighted by Crippen LogP contribution is -2.37. The van der Waals surface area contributed by atoms with E-state index in [4.69, 9.17) is 14.2 Å². The zero-order valence-corrected chi connectivity index (χ0v) is 11.9. The molecule has 1 heterocycles. The van der Waals surface area contributed by atoms with E-state index in [1.807, 2.05) is 0 Å². The minimum absolute atomic E-state index is 0.251. The van der Waals surface area contributed by atoms with Crippen LogP contribution in [0.15, 0.2) is 11.6 Å². The molecule has 0 saturated carbocycles. The highest BCUT2D eigenvalue weighted by atomic mass is 16.7. The van der Waals surface area contributed by atoms with Gasteiger partial charge < -0.3 is 14.2 Å². The van der Waals surface area contributed by atoms with Gasteiger partial charge in [0.05, 0.1) is 18.8 Å². The predicted molar refractivity (Wildman–Crippen MR) is 71.5 cm³/mol. The van der Waals surface area contributed by atoms with Crippen molar-refractivity contribution in [2.75, 3.05) is 13.7 Å². The molecule has 0 radical (unpaired) electrons. The third kappa shape index (κ3) is 2.79. The van der Waals surface area contributed by atoms with E-state index in [1.165, 1.54) is 12.0 Å². The fourth-order valence-corrected chi connectivity index (χ4v) is 3.05. The molecule has 1 fully saturated rings. The summed E-state index contributed by atoms with van der Waals surface area (Å²) in [6, 6.07) is 0. The van der Waals surface area contributed by atoms with Crippen LogP contribution in [-0.4, -0.2) is 31.7 Å². The standard InChI is InChI=1S/C15H26O3/c1-4-12-7-6-10-15(12,16-3)17-11-14-9-8-13(5-2)18-14/h7,13-14H,4-6,8-11H2,1-3H3. The van der Waals surface area contributed by atoms with Gasteiger partial charge in [0.25, 0.3) is 0 Å². The molecule has 3 unspecified atom stereocenters. The number of ether oxygens (including phenoxy) is 3. The molecule has 0 aromatic carbocycles. The monoisotopic (exact) mass is 254 g/mol. The summed E-state index contributed by atoms with van der Waals surface area (Å²) in [5, 5.41) is 0. The van der Waals surface area contributed by atoms with Gasteiger partial charge in [-0.05, 0) is 37.7 Å². The van der Waals surface area contributed by atoms with E-state index in [-0.39, 0.29) is 6.10 Å². The Labute approximate surface area is 110 Å². The van der Waals surface area contributed by atoms with Crippen molar-refractivity contribution in [3.8, 4) is 0 Å². The highest BCUT2D eigenvalue weighted by molar-refractivity contribution is 5.19. The van der Waals surface area contributed by atoms with Gasteiger partial charge in [0, 0.05) is 13.5 Å². The molecular formula is C15H26O3. The van der Waals surface area contributed by atoms with Crippen LogP contribution in [0.2, 0.25) is 0 Å². The topological polar surface area (TPSA) is 27.7 Å². The molecule has 3 heteroatoms. The lowest BCUT2D eigenvalue weighted by Gasteiger charge is -2.32. The molecule has 3 atom stereocenters. The summed E-state index contributed by atoms with van der Waals surface area (Å²) in [5.41, 5.74) is 1.29. The van der Waals surface area contributed by atoms with Gasteiger partial charge in [-0.2, -0.15) is 0 Å². The zero-order chi connectivity index (χ0) is 13.0. The first-order valence-electron chi connectivity index (χ1n) is 7.28. The molecule has 2 aliphatic rings. The lowest BCUT2D eigenvalue weighted by molar-refractivity contribution is -0.210. The van der Waals surface area contributed by atoms with E-state index >= 15 is 0 Å². The molecule has 0 amide bonds. The van der Waals surface area contributed by atoms with Crippen LogP contribution in [0.1, 0.15) is 52.4 Å². The molecule has 1 saturated heterocycles. The van der Waals surface area contributed by atoms with Gasteiger partial charge in [0.2, 0.25) is 0 Å². The Kier molecular flexibility index (Phi) is 4.82. The van der Waals surface area contributed by atoms with Crippen LogP contribution in [0.25, 0.3) is 0 Å². The quantitative estimate of drug-likeness (QED) is 0.537. The summed E-state index contributed by atoms with van der Waals surface area (Å²) in [7, 11) is 1.75. The van der Waals surface area contributed by atoms with Crippen LogP contribution in [0, 0.1) is 0 Å². The molecule has 18 heavy (non-hydrogen) atoms. The molecule has 1 aliphatic heterocycles. The van der Waals surface area contributed by atoms with Crippen LogP contribution in [0.3, 0.4) is 0 Å². The van der Waals surface area contributed by atoms with E-state index in [0.717, 1.165) is 32.1 Å². The first-order chi connectivity index (χ1) is 8.74. The normalized spacial score (nSPS) is 36.1. The Bertz CT molecular complexity index is 300. The average Bonchev–Trinajstić information content (AvgIpc) is 3.03. The van der Waals surface area contributed by atoms with Gasteiger partial charge in [-0.1, -0.05) is 19.9 Å². The molecule has 104 valence electrons. The Balaban J connectivity index is 1.86. The minimum atomic E-state index is -0.470. The SMILES string of the molecule is CCC1=CCCC1(OC)OCC1CCC(CC)O1. The van der Waals surface area contributed by atoms with Crippen LogP contribution < -0.4 is 0 Å². The van der Waals surface area contributed by atoms with E-state index in [0.29, 0.717) is 12.7 Å². The van der Waals surface area contributed by atoms with Crippen LogP contribution in [0.5, 0.6) is 0 Å². The summed E-state index contributed by atoms with van der Waals surface area (Å²) in [6.07, 6.45) is 9.32. The molecule has 0 aromatic rings. The zero-order valence-electron chi connectivity index (χ0n) is 11.9. The van der Waals surface area contributed by atoms with Crippen molar-refractivity contribution >= 4 is 0 Å². The lowest BCUT2D eigenvalue weighted by atomic mass is 10.1. The average molecular weight is 254 g/mol. The van der Waals surface area contributed by atoms with Crippen molar-refractivity contribution < 1.29 is 14.2 Å². The predicted octanol–water partition coefficient (Wildman–Crippen LogP) is 3.43. The Morgan fingerprint density at radius 1 is 1.33 bits per heavy atom. The molecule has 2 rings (SSSR count). The third-order valence-corrected chi connectivity index (χ3v) is 4.22. The first-order valence-corrected chi connectivity index (χ1v) is 7.28. The van der Waals surface area contributed by atoms with E-state index in [2.05, 4.69) is 19.9 Å². The molecule has 0 N–H and O–H groups in total. The fraction of sp³-hybridized carbons (Fsp3) is 0.867. The van der Waals surface area contributed by atoms with Gasteiger partial charge >= 0.3 is 0 Å². The van der Waals surface area contributed by atoms with Crippen molar-refractivity contribution in [3.63, 3.8) is 0 Å². The number of rotatable bonds is 6. The first kappa shape index (κ1) is 14.0. The second-order valence-electron chi connectivity index (χ2n) is 5.26. The van der Waals surface area contributed by atoms with Crippen LogP contribution >= 0.6 is 0 Å². The Morgan fingerprint density at radius 2 is 2.11 bits per heavy atom. The van der Waals surface area contributed by atoms with Crippen molar-refractivity contribution in [1.82, 2.24) is 0 Å². The summed E-state index contributed by atoms with van der Waals surface area (Å²) < 4.78 is 17.7. The molecule has 3 nitrogen and oxygen atoms in total. The largest absolute Gasteiger partial charge is 0.373 e. The Hall–Kier alpha value is -0.380. The van der Waals surface area contributed by atoms with E-state index < -0.39 is 5.79 Å². The second-order valence-corrected chi connectivity index (χ2v) is 5.26. The number of methoxy groups -OCH3 is 1. The molecule has 1 aliphatic carbocycles.